The minimum Gasteiger partial charge on any atom is -0.404 e. The highest BCUT2D eigenvalue weighted by Gasteiger charge is 2.32. The van der Waals surface area contributed by atoms with Crippen molar-refractivity contribution in [1.82, 2.24) is 4.57 Å². The lowest BCUT2D eigenvalue weighted by molar-refractivity contribution is -0.274. The Bertz CT molecular complexity index is 1410. The van der Waals surface area contributed by atoms with E-state index in [1.54, 1.807) is 24.3 Å². The molecule has 0 spiro atoms. The number of ether oxygens (including phenoxy) is 2. The molecule has 2 aromatic carbocycles. The van der Waals surface area contributed by atoms with Crippen LogP contribution >= 0.6 is 0 Å². The molecule has 1 aromatic heterocycles. The van der Waals surface area contributed by atoms with Gasteiger partial charge in [-0.1, -0.05) is 12.0 Å². The van der Waals surface area contributed by atoms with E-state index in [4.69, 9.17) is 9.88 Å². The van der Waals surface area contributed by atoms with E-state index in [9.17, 15) is 30.6 Å². The zero-order valence-electron chi connectivity index (χ0n) is 20.3. The first-order valence-corrected chi connectivity index (χ1v) is 12.9. The van der Waals surface area contributed by atoms with Crippen molar-refractivity contribution in [3.63, 3.8) is 0 Å². The van der Waals surface area contributed by atoms with Crippen molar-refractivity contribution in [2.24, 2.45) is 5.14 Å². The van der Waals surface area contributed by atoms with E-state index in [-0.39, 0.29) is 28.9 Å². The molecular formula is C25H24F6N4O3S. The maximum Gasteiger partial charge on any atom is 0.573 e. The lowest BCUT2D eigenvalue weighted by Crippen LogP contribution is -2.27. The summed E-state index contributed by atoms with van der Waals surface area (Å²) in [6.45, 7) is -0.306. The Balaban J connectivity index is 1.60. The largest absolute Gasteiger partial charge is 0.573 e. The molecular weight excluding hydrogens is 550 g/mol. The molecule has 1 fully saturated rings. The zero-order chi connectivity index (χ0) is 28.2. The summed E-state index contributed by atoms with van der Waals surface area (Å²) in [4.78, 5) is -0.0901. The highest BCUT2D eigenvalue weighted by atomic mass is 32.2. The molecule has 3 aromatic rings. The third-order valence-electron chi connectivity index (χ3n) is 5.86. The van der Waals surface area contributed by atoms with E-state index in [0.717, 1.165) is 23.5 Å². The highest BCUT2D eigenvalue weighted by molar-refractivity contribution is 7.82. The number of nitrogens with one attached hydrogen (secondary N) is 2. The summed E-state index contributed by atoms with van der Waals surface area (Å²) in [6, 6.07) is 10.0. The van der Waals surface area contributed by atoms with Crippen molar-refractivity contribution in [3.8, 4) is 17.6 Å². The van der Waals surface area contributed by atoms with Gasteiger partial charge in [-0.25, -0.2) is 9.35 Å². The van der Waals surface area contributed by atoms with E-state index in [1.165, 1.54) is 12.1 Å². The van der Waals surface area contributed by atoms with Crippen LogP contribution in [0, 0.1) is 11.8 Å². The van der Waals surface area contributed by atoms with Crippen LogP contribution in [-0.2, 0) is 22.3 Å². The van der Waals surface area contributed by atoms with Gasteiger partial charge in [0.1, 0.15) is 17.5 Å². The molecule has 0 aliphatic carbocycles. The molecule has 1 aliphatic rings. The van der Waals surface area contributed by atoms with Crippen LogP contribution in [0.4, 0.5) is 37.7 Å². The average Bonchev–Trinajstić information content (AvgIpc) is 3.19. The van der Waals surface area contributed by atoms with E-state index >= 15 is 0 Å². The molecule has 4 rings (SSSR count). The standard InChI is InChI=1S/C25H24F6N4O3S/c26-24(27,28)15-35-17(13-19-20(4-1-5-22(19)35)34-16-8-11-37-12-9-16)3-2-10-33-21-7-6-18(39(32)36)14-23(21)38-25(29,30)31/h1,4-7,13-14,16,33-34H,8-12,15,32H2. The first-order chi connectivity index (χ1) is 18.4. The van der Waals surface area contributed by atoms with Crippen LogP contribution in [0.3, 0.4) is 0 Å². The number of nitrogens with two attached hydrogens (primary N) is 1. The van der Waals surface area contributed by atoms with Crippen molar-refractivity contribution in [3.05, 3.63) is 48.2 Å². The Kier molecular flexibility index (Phi) is 8.63. The molecule has 14 heteroatoms. The van der Waals surface area contributed by atoms with E-state index in [2.05, 4.69) is 27.2 Å². The zero-order valence-corrected chi connectivity index (χ0v) is 21.1. The number of rotatable bonds is 7. The summed E-state index contributed by atoms with van der Waals surface area (Å²) < 4.78 is 101. The fraction of sp³-hybridized carbons (Fsp3) is 0.360. The lowest BCUT2D eigenvalue weighted by atomic mass is 10.1. The van der Waals surface area contributed by atoms with Crippen LogP contribution in [0.1, 0.15) is 18.5 Å². The second-order valence-electron chi connectivity index (χ2n) is 8.66. The minimum atomic E-state index is -5.02. The van der Waals surface area contributed by atoms with Crippen LogP contribution in [0.5, 0.6) is 5.75 Å². The molecule has 0 radical (unpaired) electrons. The second-order valence-corrected chi connectivity index (χ2v) is 9.72. The Morgan fingerprint density at radius 1 is 1.08 bits per heavy atom. The van der Waals surface area contributed by atoms with E-state index in [1.807, 2.05) is 0 Å². The smallest absolute Gasteiger partial charge is 0.404 e. The van der Waals surface area contributed by atoms with Gasteiger partial charge in [0, 0.05) is 36.4 Å². The Morgan fingerprint density at radius 3 is 2.49 bits per heavy atom. The Morgan fingerprint density at radius 2 is 1.82 bits per heavy atom. The molecule has 1 aliphatic heterocycles. The summed E-state index contributed by atoms with van der Waals surface area (Å²) in [6.07, 6.45) is -8.01. The fourth-order valence-corrected chi connectivity index (χ4v) is 4.61. The third-order valence-corrected chi connectivity index (χ3v) is 6.58. The number of alkyl halides is 6. The van der Waals surface area contributed by atoms with Crippen LogP contribution in [0.2, 0.25) is 0 Å². The van der Waals surface area contributed by atoms with Gasteiger partial charge < -0.3 is 24.7 Å². The van der Waals surface area contributed by atoms with E-state index in [0.29, 0.717) is 29.8 Å². The molecule has 0 saturated carbocycles. The summed E-state index contributed by atoms with van der Waals surface area (Å²) in [5.74, 6) is 4.68. The molecule has 1 atom stereocenters. The maximum absolute atomic E-state index is 13.4. The van der Waals surface area contributed by atoms with Gasteiger partial charge in [0.05, 0.1) is 28.3 Å². The predicted molar refractivity (Wildman–Crippen MR) is 135 cm³/mol. The summed E-state index contributed by atoms with van der Waals surface area (Å²) in [7, 11) is -2.04. The molecule has 1 saturated heterocycles. The van der Waals surface area contributed by atoms with Crippen molar-refractivity contribution in [1.29, 1.82) is 0 Å². The Labute approximate surface area is 222 Å². The van der Waals surface area contributed by atoms with Crippen LogP contribution in [-0.4, -0.2) is 47.1 Å². The first-order valence-electron chi connectivity index (χ1n) is 11.7. The molecule has 7 nitrogen and oxygen atoms in total. The quantitative estimate of drug-likeness (QED) is 0.269. The third kappa shape index (κ3) is 7.81. The number of hydrogen-bond acceptors (Lipinski definition) is 5. The van der Waals surface area contributed by atoms with Gasteiger partial charge >= 0.3 is 12.5 Å². The average molecular weight is 575 g/mol. The van der Waals surface area contributed by atoms with Gasteiger partial charge in [-0.05, 0) is 49.1 Å². The van der Waals surface area contributed by atoms with Gasteiger partial charge in [-0.15, -0.1) is 13.2 Å². The summed E-state index contributed by atoms with van der Waals surface area (Å²) in [5.41, 5.74) is 0.987. The van der Waals surface area contributed by atoms with Crippen molar-refractivity contribution < 1.29 is 40.0 Å². The number of anilines is 2. The second kappa shape index (κ2) is 11.8. The molecule has 0 bridgehead atoms. The number of benzene rings is 2. The monoisotopic (exact) mass is 574 g/mol. The molecule has 2 heterocycles. The SMILES string of the molecule is NS(=O)c1ccc(NCC#Cc2cc3c(NC4CCOCC4)cccc3n2CC(F)(F)F)c(OC(F)(F)F)c1. The van der Waals surface area contributed by atoms with Crippen molar-refractivity contribution in [2.45, 2.75) is 42.9 Å². The van der Waals surface area contributed by atoms with Gasteiger partial charge in [0.15, 0.2) is 5.75 Å². The normalized spacial score (nSPS) is 15.5. The van der Waals surface area contributed by atoms with E-state index < -0.39 is 35.8 Å². The summed E-state index contributed by atoms with van der Waals surface area (Å²) >= 11 is 0. The van der Waals surface area contributed by atoms with Crippen LogP contribution < -0.4 is 20.5 Å². The van der Waals surface area contributed by atoms with Crippen LogP contribution in [0.15, 0.2) is 47.4 Å². The number of fused-ring (bicyclic) bond motifs is 1. The minimum absolute atomic E-state index is 0.0889. The topological polar surface area (TPSA) is 90.5 Å². The number of aromatic nitrogens is 1. The van der Waals surface area contributed by atoms with Gasteiger partial charge in [-0.2, -0.15) is 13.2 Å². The fourth-order valence-electron chi connectivity index (χ4n) is 4.18. The molecule has 210 valence electrons. The maximum atomic E-state index is 13.4. The Hall–Kier alpha value is -3.41. The predicted octanol–water partition coefficient (Wildman–Crippen LogP) is 5.14. The number of hydrogen-bond donors (Lipinski definition) is 3. The number of halogens is 6. The number of nitrogens with zero attached hydrogens (tertiary/aromatic N) is 1. The molecule has 1 unspecified atom stereocenters. The van der Waals surface area contributed by atoms with Crippen molar-refractivity contribution >= 4 is 33.3 Å². The molecule has 4 N–H and O–H groups in total. The van der Waals surface area contributed by atoms with Gasteiger partial charge in [0.25, 0.3) is 0 Å². The molecule has 0 amide bonds. The summed E-state index contributed by atoms with van der Waals surface area (Å²) in [5, 5.41) is 11.8. The lowest BCUT2D eigenvalue weighted by Gasteiger charge is -2.24. The van der Waals surface area contributed by atoms with Gasteiger partial charge in [-0.3, -0.25) is 0 Å². The molecule has 39 heavy (non-hydrogen) atoms. The first kappa shape index (κ1) is 28.6. The highest BCUT2D eigenvalue weighted by Crippen LogP contribution is 2.33. The van der Waals surface area contributed by atoms with Crippen molar-refractivity contribution in [2.75, 3.05) is 30.4 Å². The van der Waals surface area contributed by atoms with Gasteiger partial charge in [0.2, 0.25) is 0 Å². The van der Waals surface area contributed by atoms with Crippen LogP contribution in [0.25, 0.3) is 10.9 Å².